The molecule has 0 aliphatic heterocycles. The number of nitrogens with one attached hydrogen (secondary N) is 3. The average molecular weight is 392 g/mol. The number of benzene rings is 1. The van der Waals surface area contributed by atoms with Crippen LogP contribution in [0.1, 0.15) is 6.42 Å². The maximum absolute atomic E-state index is 11.6. The summed E-state index contributed by atoms with van der Waals surface area (Å²) in [6.07, 6.45) is 3.07. The molecule has 3 N–H and O–H groups in total. The Labute approximate surface area is 142 Å². The predicted molar refractivity (Wildman–Crippen MR) is 94.5 cm³/mol. The summed E-state index contributed by atoms with van der Waals surface area (Å²) in [6.45, 7) is 0.690. The van der Waals surface area contributed by atoms with Crippen LogP contribution in [0.25, 0.3) is 0 Å². The third-order valence-electron chi connectivity index (χ3n) is 2.29. The highest BCUT2D eigenvalue weighted by molar-refractivity contribution is 9.10. The molecule has 21 heavy (non-hydrogen) atoms. The first-order valence-corrected chi connectivity index (χ1v) is 8.91. The number of ether oxygens (including phenoxy) is 1. The number of hydrogen-bond acceptors (Lipinski definition) is 4. The van der Waals surface area contributed by atoms with Gasteiger partial charge < -0.3 is 10.1 Å². The molecule has 0 heterocycles. The highest BCUT2D eigenvalue weighted by Gasteiger charge is 2.03. The number of rotatable bonds is 7. The molecule has 1 amide bonds. The van der Waals surface area contributed by atoms with E-state index in [2.05, 4.69) is 38.4 Å². The highest BCUT2D eigenvalue weighted by atomic mass is 79.9. The van der Waals surface area contributed by atoms with E-state index in [0.717, 1.165) is 23.2 Å². The molecular formula is C13H18BrN3O2S2. The molecule has 8 heteroatoms. The normalized spacial score (nSPS) is 9.81. The molecule has 0 spiro atoms. The van der Waals surface area contributed by atoms with Gasteiger partial charge >= 0.3 is 0 Å². The second-order valence-electron chi connectivity index (χ2n) is 4.02. The van der Waals surface area contributed by atoms with Gasteiger partial charge in [-0.05, 0) is 48.8 Å². The fourth-order valence-electron chi connectivity index (χ4n) is 1.33. The number of thioether (sulfide) groups is 1. The van der Waals surface area contributed by atoms with Gasteiger partial charge in [0, 0.05) is 11.0 Å². The van der Waals surface area contributed by atoms with E-state index in [4.69, 9.17) is 17.0 Å². The van der Waals surface area contributed by atoms with Gasteiger partial charge in [-0.2, -0.15) is 11.8 Å². The molecule has 1 aromatic carbocycles. The molecule has 0 bridgehead atoms. The van der Waals surface area contributed by atoms with Gasteiger partial charge in [0.2, 0.25) is 0 Å². The van der Waals surface area contributed by atoms with Crippen LogP contribution in [0.4, 0.5) is 0 Å². The average Bonchev–Trinajstić information content (AvgIpc) is 2.47. The second-order valence-corrected chi connectivity index (χ2v) is 6.33. The van der Waals surface area contributed by atoms with Gasteiger partial charge in [-0.1, -0.05) is 22.0 Å². The summed E-state index contributed by atoms with van der Waals surface area (Å²) in [5.74, 6) is 1.39. The third-order valence-corrected chi connectivity index (χ3v) is 3.73. The number of carbonyl (C=O) groups is 1. The van der Waals surface area contributed by atoms with E-state index >= 15 is 0 Å². The molecule has 1 rings (SSSR count). The molecule has 116 valence electrons. The summed E-state index contributed by atoms with van der Waals surface area (Å²) in [4.78, 5) is 11.6. The Morgan fingerprint density at radius 3 is 2.95 bits per heavy atom. The van der Waals surface area contributed by atoms with Crippen molar-refractivity contribution < 1.29 is 9.53 Å². The summed E-state index contributed by atoms with van der Waals surface area (Å²) >= 11 is 10.1. The van der Waals surface area contributed by atoms with Crippen molar-refractivity contribution in [2.75, 3.05) is 25.2 Å². The molecule has 0 atom stereocenters. The molecule has 0 unspecified atom stereocenters. The van der Waals surface area contributed by atoms with Gasteiger partial charge in [-0.3, -0.25) is 15.6 Å². The van der Waals surface area contributed by atoms with Crippen LogP contribution < -0.4 is 20.9 Å². The van der Waals surface area contributed by atoms with Crippen LogP contribution in [0.5, 0.6) is 5.75 Å². The van der Waals surface area contributed by atoms with Crippen molar-refractivity contribution in [2.24, 2.45) is 0 Å². The van der Waals surface area contributed by atoms with Gasteiger partial charge in [0.25, 0.3) is 5.91 Å². The summed E-state index contributed by atoms with van der Waals surface area (Å²) in [7, 11) is 0. The molecular weight excluding hydrogens is 374 g/mol. The first-order valence-electron chi connectivity index (χ1n) is 6.32. The minimum absolute atomic E-state index is 0.0848. The van der Waals surface area contributed by atoms with E-state index in [1.165, 1.54) is 0 Å². The zero-order valence-electron chi connectivity index (χ0n) is 11.6. The number of carbonyl (C=O) groups excluding carboxylic acids is 1. The number of hydrazine groups is 1. The predicted octanol–water partition coefficient (Wildman–Crippen LogP) is 2.08. The van der Waals surface area contributed by atoms with Crippen molar-refractivity contribution >= 4 is 50.9 Å². The van der Waals surface area contributed by atoms with Crippen LogP contribution in [-0.4, -0.2) is 36.2 Å². The Hall–Kier alpha value is -0.990. The SMILES string of the molecule is CSCCCNC(=S)NNC(=O)COc1cccc(Br)c1. The number of halogens is 1. The lowest BCUT2D eigenvalue weighted by Gasteiger charge is -2.12. The Morgan fingerprint density at radius 2 is 2.24 bits per heavy atom. The van der Waals surface area contributed by atoms with E-state index in [0.29, 0.717) is 10.9 Å². The molecule has 0 fully saturated rings. The number of amides is 1. The standard InChI is InChI=1S/C13H18BrN3O2S2/c1-21-7-3-6-15-13(20)17-16-12(18)9-19-11-5-2-4-10(14)8-11/h2,4-5,8H,3,6-7,9H2,1H3,(H,16,18)(H2,15,17,20). The minimum Gasteiger partial charge on any atom is -0.484 e. The lowest BCUT2D eigenvalue weighted by Crippen LogP contribution is -2.48. The van der Waals surface area contributed by atoms with Crippen molar-refractivity contribution in [3.05, 3.63) is 28.7 Å². The highest BCUT2D eigenvalue weighted by Crippen LogP contribution is 2.17. The summed E-state index contributed by atoms with van der Waals surface area (Å²) < 4.78 is 6.24. The van der Waals surface area contributed by atoms with E-state index in [1.54, 1.807) is 23.9 Å². The van der Waals surface area contributed by atoms with Gasteiger partial charge in [0.1, 0.15) is 5.75 Å². The van der Waals surface area contributed by atoms with Crippen LogP contribution in [0.15, 0.2) is 28.7 Å². The zero-order chi connectivity index (χ0) is 15.5. The Kier molecular flexibility index (Phi) is 9.20. The van der Waals surface area contributed by atoms with Crippen LogP contribution in [-0.2, 0) is 4.79 Å². The van der Waals surface area contributed by atoms with Crippen molar-refractivity contribution in [1.82, 2.24) is 16.2 Å². The lowest BCUT2D eigenvalue weighted by atomic mass is 10.3. The van der Waals surface area contributed by atoms with E-state index < -0.39 is 0 Å². The van der Waals surface area contributed by atoms with Gasteiger partial charge in [0.05, 0.1) is 0 Å². The molecule has 0 aliphatic carbocycles. The Morgan fingerprint density at radius 1 is 1.43 bits per heavy atom. The molecule has 1 aromatic rings. The van der Waals surface area contributed by atoms with Crippen molar-refractivity contribution in [3.8, 4) is 5.75 Å². The first kappa shape index (κ1) is 18.1. The second kappa shape index (κ2) is 10.7. The lowest BCUT2D eigenvalue weighted by molar-refractivity contribution is -0.123. The smallest absolute Gasteiger partial charge is 0.276 e. The van der Waals surface area contributed by atoms with Gasteiger partial charge in [-0.15, -0.1) is 0 Å². The maximum Gasteiger partial charge on any atom is 0.276 e. The van der Waals surface area contributed by atoms with Gasteiger partial charge in [-0.25, -0.2) is 0 Å². The molecule has 0 aromatic heterocycles. The van der Waals surface area contributed by atoms with Crippen LogP contribution in [0.2, 0.25) is 0 Å². The molecule has 0 aliphatic rings. The Bertz CT molecular complexity index is 474. The third kappa shape index (κ3) is 8.79. The maximum atomic E-state index is 11.6. The Balaban J connectivity index is 2.15. The van der Waals surface area contributed by atoms with Crippen LogP contribution >= 0.6 is 39.9 Å². The number of hydrogen-bond donors (Lipinski definition) is 3. The van der Waals surface area contributed by atoms with Crippen molar-refractivity contribution in [2.45, 2.75) is 6.42 Å². The fourth-order valence-corrected chi connectivity index (χ4v) is 2.30. The molecule has 0 saturated carbocycles. The summed E-state index contributed by atoms with van der Waals surface area (Å²) in [5.41, 5.74) is 5.11. The summed E-state index contributed by atoms with van der Waals surface area (Å²) in [6, 6.07) is 7.29. The van der Waals surface area contributed by atoms with Crippen LogP contribution in [0, 0.1) is 0 Å². The van der Waals surface area contributed by atoms with Gasteiger partial charge in [0.15, 0.2) is 11.7 Å². The quantitative estimate of drug-likeness (QED) is 0.375. The molecule has 0 saturated heterocycles. The largest absolute Gasteiger partial charge is 0.484 e. The van der Waals surface area contributed by atoms with E-state index in [1.807, 2.05) is 12.1 Å². The fraction of sp³-hybridized carbons (Fsp3) is 0.385. The van der Waals surface area contributed by atoms with Crippen molar-refractivity contribution in [1.29, 1.82) is 0 Å². The van der Waals surface area contributed by atoms with Crippen molar-refractivity contribution in [3.63, 3.8) is 0 Å². The van der Waals surface area contributed by atoms with E-state index in [-0.39, 0.29) is 12.5 Å². The summed E-state index contributed by atoms with van der Waals surface area (Å²) in [5, 5.41) is 3.39. The van der Waals surface area contributed by atoms with E-state index in [9.17, 15) is 4.79 Å². The first-order chi connectivity index (χ1) is 10.1. The number of thiocarbonyl (C=S) groups is 1. The topological polar surface area (TPSA) is 62.4 Å². The molecule has 5 nitrogen and oxygen atoms in total. The zero-order valence-corrected chi connectivity index (χ0v) is 14.9. The minimum atomic E-state index is -0.303. The monoisotopic (exact) mass is 391 g/mol. The van der Waals surface area contributed by atoms with Crippen LogP contribution in [0.3, 0.4) is 0 Å². The molecule has 0 radical (unpaired) electrons.